The first kappa shape index (κ1) is 53.2. The van der Waals surface area contributed by atoms with Gasteiger partial charge < -0.3 is 47.1 Å². The first-order valence-corrected chi connectivity index (χ1v) is 20.5. The molecule has 0 spiro atoms. The van der Waals surface area contributed by atoms with Gasteiger partial charge in [0.15, 0.2) is 0 Å². The molecule has 1 aromatic carbocycles. The van der Waals surface area contributed by atoms with Crippen molar-refractivity contribution in [1.29, 1.82) is 0 Å². The Morgan fingerprint density at radius 3 is 1.89 bits per heavy atom. The Balaban J connectivity index is 2.78. The van der Waals surface area contributed by atoms with Gasteiger partial charge in [-0.15, -0.1) is 0 Å². The number of carboxylic acid groups (broad SMARTS) is 3. The van der Waals surface area contributed by atoms with Gasteiger partial charge in [-0.3, -0.25) is 48.1 Å². The number of aldehydes is 1. The Kier molecular flexibility index (Phi) is 21.3. The number of amides is 6. The monoisotopic (exact) mass is 898 g/mol. The molecular weight excluding hydrogens is 841 g/mol. The number of halogens is 3. The molecule has 0 aromatic heterocycles. The predicted octanol–water partition coefficient (Wildman–Crippen LogP) is 1.51. The summed E-state index contributed by atoms with van der Waals surface area (Å²) < 4.78 is 39.6. The van der Waals surface area contributed by atoms with E-state index in [0.29, 0.717) is 35.3 Å². The molecule has 0 aliphatic heterocycles. The minimum Gasteiger partial charge on any atom is -0.481 e. The van der Waals surface area contributed by atoms with Crippen LogP contribution in [0.3, 0.4) is 0 Å². The largest absolute Gasteiger partial charge is 0.481 e. The topological polar surface area (TPSA) is 309 Å². The molecule has 0 heterocycles. The van der Waals surface area contributed by atoms with Gasteiger partial charge in [-0.25, -0.2) is 0 Å². The lowest BCUT2D eigenvalue weighted by Gasteiger charge is -2.39. The van der Waals surface area contributed by atoms with E-state index >= 15 is 4.79 Å². The summed E-state index contributed by atoms with van der Waals surface area (Å²) in [7, 11) is 0. The van der Waals surface area contributed by atoms with Crippen LogP contribution >= 0.6 is 0 Å². The number of carbonyl (C=O) groups is 10. The number of alkyl halides is 3. The lowest BCUT2D eigenvalue weighted by molar-refractivity contribution is -0.157. The van der Waals surface area contributed by atoms with E-state index in [9.17, 15) is 66.5 Å². The second-order valence-corrected chi connectivity index (χ2v) is 16.0. The van der Waals surface area contributed by atoms with Gasteiger partial charge in [-0.1, -0.05) is 57.4 Å². The van der Waals surface area contributed by atoms with Crippen LogP contribution in [0.15, 0.2) is 24.3 Å². The van der Waals surface area contributed by atoms with Crippen molar-refractivity contribution in [2.75, 3.05) is 0 Å². The van der Waals surface area contributed by atoms with Crippen LogP contribution < -0.4 is 27.0 Å². The molecule has 22 heteroatoms. The minimum atomic E-state index is -4.85. The van der Waals surface area contributed by atoms with E-state index in [1.54, 1.807) is 45.0 Å². The summed E-state index contributed by atoms with van der Waals surface area (Å²) >= 11 is 0. The Morgan fingerprint density at radius 2 is 1.35 bits per heavy atom. The van der Waals surface area contributed by atoms with E-state index < -0.39 is 140 Å². The van der Waals surface area contributed by atoms with Gasteiger partial charge in [0.2, 0.25) is 29.5 Å². The maximum Gasteiger partial charge on any atom is 0.391 e. The van der Waals surface area contributed by atoms with E-state index in [0.717, 1.165) is 0 Å². The third-order valence-electron chi connectivity index (χ3n) is 10.3. The molecule has 1 aromatic rings. The molecule has 6 amide bonds. The number of nitrogens with zero attached hydrogens (tertiary/aromatic N) is 1. The number of benzene rings is 1. The number of rotatable bonds is 25. The molecule has 1 fully saturated rings. The highest BCUT2D eigenvalue weighted by Crippen LogP contribution is 2.31. The molecule has 1 aliphatic carbocycles. The molecule has 2 rings (SSSR count). The van der Waals surface area contributed by atoms with E-state index in [2.05, 4.69) is 16.0 Å². The SMILES string of the molecule is Cc1ccccc1C[C@H](NC(=O)[C@H](CCC(=O)O)NC(=O)[C@@H](N)CC(=O)O)C(=O)N(C(=O)CCC(=O)O)[C@H](C(=O)N[C@@H](CC(C)C)C(=O)NC(C=O)CC(F)(F)F)C1CCCCC1. The van der Waals surface area contributed by atoms with Gasteiger partial charge >= 0.3 is 24.1 Å². The molecule has 1 saturated carbocycles. The maximum atomic E-state index is 15.1. The smallest absolute Gasteiger partial charge is 0.391 e. The van der Waals surface area contributed by atoms with Gasteiger partial charge in [0.1, 0.15) is 30.5 Å². The van der Waals surface area contributed by atoms with Crippen molar-refractivity contribution in [2.45, 2.75) is 147 Å². The highest BCUT2D eigenvalue weighted by Gasteiger charge is 2.45. The summed E-state index contributed by atoms with van der Waals surface area (Å²) in [5, 5.41) is 37.1. The van der Waals surface area contributed by atoms with Crippen LogP contribution in [0.2, 0.25) is 0 Å². The first-order chi connectivity index (χ1) is 29.4. The van der Waals surface area contributed by atoms with Crippen LogP contribution in [0, 0.1) is 18.8 Å². The number of nitrogens with one attached hydrogen (secondary N) is 4. The Hall–Kier alpha value is -5.93. The van der Waals surface area contributed by atoms with E-state index in [4.69, 9.17) is 10.8 Å². The molecule has 1 unspecified atom stereocenters. The molecule has 0 saturated heterocycles. The average Bonchev–Trinajstić information content (AvgIpc) is 3.19. The lowest BCUT2D eigenvalue weighted by Crippen LogP contribution is -2.63. The van der Waals surface area contributed by atoms with Crippen molar-refractivity contribution in [3.8, 4) is 0 Å². The zero-order chi connectivity index (χ0) is 47.6. The van der Waals surface area contributed by atoms with E-state index in [1.807, 2.05) is 5.32 Å². The summed E-state index contributed by atoms with van der Waals surface area (Å²) in [6, 6.07) is -4.10. The Morgan fingerprint density at radius 1 is 0.778 bits per heavy atom. The van der Waals surface area contributed by atoms with Crippen LogP contribution in [0.1, 0.15) is 102 Å². The third kappa shape index (κ3) is 18.5. The second kappa shape index (κ2) is 25.2. The number of hydrogen-bond acceptors (Lipinski definition) is 11. The average molecular weight is 899 g/mol. The number of carbonyl (C=O) groups excluding carboxylic acids is 7. The highest BCUT2D eigenvalue weighted by molar-refractivity contribution is 6.05. The van der Waals surface area contributed by atoms with Crippen LogP contribution in [-0.4, -0.2) is 122 Å². The number of carboxylic acids is 3. The van der Waals surface area contributed by atoms with Crippen molar-refractivity contribution >= 4 is 59.6 Å². The molecule has 19 nitrogen and oxygen atoms in total. The Labute approximate surface area is 361 Å². The molecular formula is C41H57F3N6O13. The number of nitrogens with two attached hydrogens (primary N) is 1. The van der Waals surface area contributed by atoms with Crippen molar-refractivity contribution in [3.05, 3.63) is 35.4 Å². The van der Waals surface area contributed by atoms with Gasteiger partial charge in [0.05, 0.1) is 31.3 Å². The fourth-order valence-corrected chi connectivity index (χ4v) is 7.16. The summed E-state index contributed by atoms with van der Waals surface area (Å²) in [5.41, 5.74) is 6.70. The number of aliphatic carboxylic acids is 3. The van der Waals surface area contributed by atoms with Crippen molar-refractivity contribution in [2.24, 2.45) is 17.6 Å². The highest BCUT2D eigenvalue weighted by atomic mass is 19.4. The second-order valence-electron chi connectivity index (χ2n) is 16.0. The molecule has 350 valence electrons. The fraction of sp³-hybridized carbons (Fsp3) is 0.610. The molecule has 6 atom stereocenters. The summed E-state index contributed by atoms with van der Waals surface area (Å²) in [6.45, 7) is 4.93. The normalized spacial score (nSPS) is 15.9. The summed E-state index contributed by atoms with van der Waals surface area (Å²) in [4.78, 5) is 131. The zero-order valence-electron chi connectivity index (χ0n) is 35.3. The molecule has 0 radical (unpaired) electrons. The number of aryl methyl sites for hydroxylation is 1. The van der Waals surface area contributed by atoms with E-state index in [1.165, 1.54) is 0 Å². The summed E-state index contributed by atoms with van der Waals surface area (Å²) in [6.07, 6.45) is -8.86. The lowest BCUT2D eigenvalue weighted by atomic mass is 9.82. The van der Waals surface area contributed by atoms with Gasteiger partial charge in [0, 0.05) is 19.3 Å². The quantitative estimate of drug-likeness (QED) is 0.0646. The van der Waals surface area contributed by atoms with Crippen molar-refractivity contribution in [1.82, 2.24) is 26.2 Å². The number of hydrogen-bond donors (Lipinski definition) is 8. The number of imide groups is 1. The Bertz CT molecular complexity index is 1820. The van der Waals surface area contributed by atoms with Crippen LogP contribution in [0.25, 0.3) is 0 Å². The summed E-state index contributed by atoms with van der Waals surface area (Å²) in [5.74, 6) is -12.5. The first-order valence-electron chi connectivity index (χ1n) is 20.5. The minimum absolute atomic E-state index is 0.114. The molecule has 1 aliphatic rings. The molecule has 0 bridgehead atoms. The fourth-order valence-electron chi connectivity index (χ4n) is 7.16. The van der Waals surface area contributed by atoms with E-state index in [-0.39, 0.29) is 37.9 Å². The van der Waals surface area contributed by atoms with Crippen LogP contribution in [0.4, 0.5) is 13.2 Å². The van der Waals surface area contributed by atoms with Crippen LogP contribution in [0.5, 0.6) is 0 Å². The molecule has 63 heavy (non-hydrogen) atoms. The van der Waals surface area contributed by atoms with Gasteiger partial charge in [0.25, 0.3) is 5.91 Å². The van der Waals surface area contributed by atoms with Crippen molar-refractivity contribution < 1.29 is 76.4 Å². The van der Waals surface area contributed by atoms with Gasteiger partial charge in [-0.2, -0.15) is 13.2 Å². The van der Waals surface area contributed by atoms with Crippen molar-refractivity contribution in [3.63, 3.8) is 0 Å². The molecule has 9 N–H and O–H groups in total. The predicted molar refractivity (Wildman–Crippen MR) is 215 cm³/mol. The van der Waals surface area contributed by atoms with Gasteiger partial charge in [-0.05, 0) is 55.6 Å². The maximum absolute atomic E-state index is 15.1. The third-order valence-corrected chi connectivity index (χ3v) is 10.3. The zero-order valence-corrected chi connectivity index (χ0v) is 35.3. The van der Waals surface area contributed by atoms with Crippen LogP contribution in [-0.2, 0) is 54.4 Å². The standard InChI is InChI=1S/C41H57F3N6O13/c1-22(2)17-29(38(61)46-26(21-51)20-41(42,43)44)48-39(62)35(24-10-5-4-6-11-24)50(31(52)14-16-33(55)56)40(63)30(18-25-12-8-7-9-23(25)3)49-37(60)28(13-15-32(53)54)47-36(59)27(45)19-34(57)58/h7-9,12,21-22,24,26-30,35H,4-6,10-11,13-20,45H2,1-3H3,(H,46,61)(H,47,59)(H,48,62)(H,49,60)(H,53,54)(H,55,56)(H,57,58)/t26?,27-,28-,29-,30-,35-/m0/s1.